The first-order valence-electron chi connectivity index (χ1n) is 6.27. The molecule has 0 fully saturated rings. The van der Waals surface area contributed by atoms with Crippen LogP contribution in [0, 0.1) is 13.8 Å². The first kappa shape index (κ1) is 13.9. The molecule has 0 aliphatic carbocycles. The summed E-state index contributed by atoms with van der Waals surface area (Å²) in [6, 6.07) is 5.94. The predicted molar refractivity (Wildman–Crippen MR) is 78.2 cm³/mol. The Balaban J connectivity index is 2.37. The second-order valence-corrected chi connectivity index (χ2v) is 6.48. The lowest BCUT2D eigenvalue weighted by atomic mass is 9.91. The highest BCUT2D eigenvalue weighted by molar-refractivity contribution is 7.10. The summed E-state index contributed by atoms with van der Waals surface area (Å²) in [4.78, 5) is 12.5. The Kier molecular flexibility index (Phi) is 3.54. The van der Waals surface area contributed by atoms with Gasteiger partial charge in [0.2, 0.25) is 0 Å². The molecule has 2 rings (SSSR count). The monoisotopic (exact) mass is 277 g/mol. The van der Waals surface area contributed by atoms with Crippen molar-refractivity contribution in [3.63, 3.8) is 0 Å². The van der Waals surface area contributed by atoms with E-state index in [1.165, 1.54) is 4.88 Å². The zero-order valence-electron chi connectivity index (χ0n) is 11.7. The smallest absolute Gasteiger partial charge is 0.337 e. The lowest BCUT2D eigenvalue weighted by Crippen LogP contribution is -2.24. The third-order valence-electron chi connectivity index (χ3n) is 3.55. The van der Waals surface area contributed by atoms with Crippen molar-refractivity contribution in [2.75, 3.05) is 0 Å². The van der Waals surface area contributed by atoms with E-state index in [9.17, 15) is 9.90 Å². The number of aromatic carboxylic acids is 1. The van der Waals surface area contributed by atoms with Gasteiger partial charge in [-0.1, -0.05) is 19.9 Å². The van der Waals surface area contributed by atoms with E-state index in [0.29, 0.717) is 5.56 Å². The van der Waals surface area contributed by atoms with Crippen LogP contribution in [0.2, 0.25) is 0 Å². The fourth-order valence-corrected chi connectivity index (χ4v) is 3.24. The highest BCUT2D eigenvalue weighted by atomic mass is 32.1. The van der Waals surface area contributed by atoms with Crippen LogP contribution in [0.25, 0.3) is 0 Å². The molecule has 0 aliphatic heterocycles. The summed E-state index contributed by atoms with van der Waals surface area (Å²) in [5.74, 6) is -0.853. The number of thiophene rings is 1. The first-order valence-corrected chi connectivity index (χ1v) is 7.15. The van der Waals surface area contributed by atoms with E-state index in [4.69, 9.17) is 0 Å². The highest BCUT2D eigenvalue weighted by Gasteiger charge is 2.25. The van der Waals surface area contributed by atoms with E-state index in [1.807, 2.05) is 13.8 Å². The minimum Gasteiger partial charge on any atom is -0.478 e. The van der Waals surface area contributed by atoms with Crippen LogP contribution >= 0.6 is 11.3 Å². The molecule has 0 aromatic carbocycles. The summed E-state index contributed by atoms with van der Waals surface area (Å²) in [6.07, 6.45) is 0. The summed E-state index contributed by atoms with van der Waals surface area (Å²) in [7, 11) is 0. The number of nitrogens with zero attached hydrogens (tertiary/aromatic N) is 1. The molecule has 1 N–H and O–H groups in total. The molecule has 0 amide bonds. The van der Waals surface area contributed by atoms with Gasteiger partial charge in [-0.2, -0.15) is 0 Å². The molecule has 0 saturated heterocycles. The van der Waals surface area contributed by atoms with Crippen molar-refractivity contribution in [1.29, 1.82) is 0 Å². The Labute approximate surface area is 117 Å². The van der Waals surface area contributed by atoms with Crippen LogP contribution in [-0.4, -0.2) is 15.6 Å². The summed E-state index contributed by atoms with van der Waals surface area (Å²) in [5, 5.41) is 11.3. The minimum absolute atomic E-state index is 0.00151. The topological polar surface area (TPSA) is 42.2 Å². The van der Waals surface area contributed by atoms with E-state index in [-0.39, 0.29) is 5.41 Å². The zero-order chi connectivity index (χ0) is 14.2. The molecule has 3 nitrogen and oxygen atoms in total. The van der Waals surface area contributed by atoms with E-state index < -0.39 is 5.97 Å². The summed E-state index contributed by atoms with van der Waals surface area (Å²) < 4.78 is 2.10. The molecule has 0 spiro atoms. The Hall–Kier alpha value is -1.55. The molecule has 0 radical (unpaired) electrons. The molecule has 0 saturated carbocycles. The predicted octanol–water partition coefficient (Wildman–Crippen LogP) is 3.84. The Morgan fingerprint density at radius 2 is 2.11 bits per heavy atom. The largest absolute Gasteiger partial charge is 0.478 e. The van der Waals surface area contributed by atoms with Crippen molar-refractivity contribution in [2.24, 2.45) is 0 Å². The molecule has 4 heteroatoms. The van der Waals surface area contributed by atoms with Crippen molar-refractivity contribution < 1.29 is 9.90 Å². The average Bonchev–Trinajstić information content (AvgIpc) is 2.92. The van der Waals surface area contributed by atoms with E-state index >= 15 is 0 Å². The van der Waals surface area contributed by atoms with Crippen molar-refractivity contribution in [2.45, 2.75) is 39.7 Å². The quantitative estimate of drug-likeness (QED) is 0.922. The molecule has 0 unspecified atom stereocenters. The number of carbonyl (C=O) groups is 1. The van der Waals surface area contributed by atoms with E-state index in [0.717, 1.165) is 17.9 Å². The van der Waals surface area contributed by atoms with Gasteiger partial charge in [-0.25, -0.2) is 4.79 Å². The molecule has 0 aliphatic rings. The second kappa shape index (κ2) is 4.85. The molecular formula is C15H19NO2S. The summed E-state index contributed by atoms with van der Waals surface area (Å²) >= 11 is 1.74. The SMILES string of the molecule is Cc1cc(C(=O)O)c(C)n1CC(C)(C)c1cccs1. The van der Waals surface area contributed by atoms with Crippen molar-refractivity contribution in [3.8, 4) is 0 Å². The number of carboxylic acid groups (broad SMARTS) is 1. The van der Waals surface area contributed by atoms with Crippen molar-refractivity contribution >= 4 is 17.3 Å². The molecule has 19 heavy (non-hydrogen) atoms. The third-order valence-corrected chi connectivity index (χ3v) is 4.78. The van der Waals surface area contributed by atoms with Crippen LogP contribution in [-0.2, 0) is 12.0 Å². The van der Waals surface area contributed by atoms with Crippen LogP contribution in [0.3, 0.4) is 0 Å². The molecule has 2 aromatic rings. The second-order valence-electron chi connectivity index (χ2n) is 5.54. The van der Waals surface area contributed by atoms with Gasteiger partial charge in [-0.3, -0.25) is 0 Å². The van der Waals surface area contributed by atoms with Crippen LogP contribution in [0.5, 0.6) is 0 Å². The van der Waals surface area contributed by atoms with Crippen molar-refractivity contribution in [1.82, 2.24) is 4.57 Å². The maximum Gasteiger partial charge on any atom is 0.337 e. The summed E-state index contributed by atoms with van der Waals surface area (Å²) in [5.41, 5.74) is 2.23. The third kappa shape index (κ3) is 2.59. The number of hydrogen-bond donors (Lipinski definition) is 1. The standard InChI is InChI=1S/C15H19NO2S/c1-10-8-12(14(17)18)11(2)16(10)9-15(3,4)13-6-5-7-19-13/h5-8H,9H2,1-4H3,(H,17,18). The minimum atomic E-state index is -0.853. The Morgan fingerprint density at radius 3 is 2.58 bits per heavy atom. The lowest BCUT2D eigenvalue weighted by molar-refractivity contribution is 0.0696. The first-order chi connectivity index (χ1) is 8.83. The van der Waals surface area contributed by atoms with Crippen LogP contribution < -0.4 is 0 Å². The average molecular weight is 277 g/mol. The van der Waals surface area contributed by atoms with E-state index in [1.54, 1.807) is 17.4 Å². The summed E-state index contributed by atoms with van der Waals surface area (Å²) in [6.45, 7) is 9.01. The van der Waals surface area contributed by atoms with Gasteiger partial charge in [-0.05, 0) is 31.4 Å². The van der Waals surface area contributed by atoms with Gasteiger partial charge in [0.1, 0.15) is 0 Å². The molecular weight excluding hydrogens is 258 g/mol. The van der Waals surface area contributed by atoms with Crippen LogP contribution in [0.4, 0.5) is 0 Å². The maximum absolute atomic E-state index is 11.2. The Bertz CT molecular complexity index is 594. The maximum atomic E-state index is 11.2. The van der Waals surface area contributed by atoms with Gasteiger partial charge in [0.25, 0.3) is 0 Å². The van der Waals surface area contributed by atoms with Gasteiger partial charge >= 0.3 is 5.97 Å². The fraction of sp³-hybridized carbons (Fsp3) is 0.400. The molecule has 2 heterocycles. The van der Waals surface area contributed by atoms with Crippen LogP contribution in [0.15, 0.2) is 23.6 Å². The highest BCUT2D eigenvalue weighted by Crippen LogP contribution is 2.31. The van der Waals surface area contributed by atoms with Crippen molar-refractivity contribution in [3.05, 3.63) is 45.4 Å². The fourth-order valence-electron chi connectivity index (χ4n) is 2.40. The van der Waals surface area contributed by atoms with Gasteiger partial charge in [0.05, 0.1) is 5.56 Å². The number of aryl methyl sites for hydroxylation is 1. The number of rotatable bonds is 4. The van der Waals surface area contributed by atoms with Gasteiger partial charge in [0.15, 0.2) is 0 Å². The van der Waals surface area contributed by atoms with E-state index in [2.05, 4.69) is 35.9 Å². The number of carboxylic acids is 1. The Morgan fingerprint density at radius 1 is 1.42 bits per heavy atom. The van der Waals surface area contributed by atoms with Crippen LogP contribution in [0.1, 0.15) is 40.5 Å². The number of aromatic nitrogens is 1. The lowest BCUT2D eigenvalue weighted by Gasteiger charge is -2.26. The van der Waals surface area contributed by atoms with Gasteiger partial charge < -0.3 is 9.67 Å². The van der Waals surface area contributed by atoms with Gasteiger partial charge in [-0.15, -0.1) is 11.3 Å². The molecule has 2 aromatic heterocycles. The normalized spacial score (nSPS) is 11.8. The number of hydrogen-bond acceptors (Lipinski definition) is 2. The van der Waals surface area contributed by atoms with Gasteiger partial charge in [0, 0.05) is 28.2 Å². The molecule has 102 valence electrons. The molecule has 0 bridgehead atoms. The zero-order valence-corrected chi connectivity index (χ0v) is 12.5. The molecule has 0 atom stereocenters.